The zero-order valence-electron chi connectivity index (χ0n) is 12.5. The molecule has 0 fully saturated rings. The predicted molar refractivity (Wildman–Crippen MR) is 85.8 cm³/mol. The Hall–Kier alpha value is -1.45. The Morgan fingerprint density at radius 1 is 1.19 bits per heavy atom. The number of nitrogens with one attached hydrogen (secondary N) is 1. The summed E-state index contributed by atoms with van der Waals surface area (Å²) in [6.07, 6.45) is 1.75. The smallest absolute Gasteiger partial charge is 0.133 e. The van der Waals surface area contributed by atoms with E-state index in [-0.39, 0.29) is 0 Å². The predicted octanol–water partition coefficient (Wildman–Crippen LogP) is 3.49. The highest BCUT2D eigenvalue weighted by Gasteiger charge is 2.19. The molecule has 0 unspecified atom stereocenters. The van der Waals surface area contributed by atoms with Gasteiger partial charge in [0, 0.05) is 36.5 Å². The molecule has 2 heterocycles. The van der Waals surface area contributed by atoms with Crippen LogP contribution in [0.25, 0.3) is 0 Å². The zero-order valence-corrected chi connectivity index (χ0v) is 13.2. The lowest BCUT2D eigenvalue weighted by molar-refractivity contribution is 0.602. The third kappa shape index (κ3) is 3.25. The number of fused-ring (bicyclic) bond motifs is 1. The van der Waals surface area contributed by atoms with Crippen LogP contribution in [0.1, 0.15) is 48.1 Å². The van der Waals surface area contributed by atoms with Crippen LogP contribution < -0.4 is 5.32 Å². The Morgan fingerprint density at radius 2 is 1.95 bits per heavy atom. The molecule has 1 aromatic carbocycles. The molecular formula is C17H20ClN3. The van der Waals surface area contributed by atoms with E-state index in [2.05, 4.69) is 19.2 Å². The Bertz CT molecular complexity index is 635. The first kappa shape index (κ1) is 14.5. The van der Waals surface area contributed by atoms with Crippen LogP contribution in [0.2, 0.25) is 5.02 Å². The molecule has 21 heavy (non-hydrogen) atoms. The molecule has 1 aliphatic heterocycles. The van der Waals surface area contributed by atoms with Gasteiger partial charge in [-0.2, -0.15) is 0 Å². The van der Waals surface area contributed by atoms with E-state index in [4.69, 9.17) is 21.6 Å². The molecule has 0 atom stereocenters. The summed E-state index contributed by atoms with van der Waals surface area (Å²) in [6.45, 7) is 6.29. The van der Waals surface area contributed by atoms with Gasteiger partial charge in [-0.05, 0) is 23.6 Å². The molecule has 0 saturated heterocycles. The topological polar surface area (TPSA) is 37.8 Å². The highest BCUT2D eigenvalue weighted by Crippen LogP contribution is 2.23. The van der Waals surface area contributed by atoms with Crippen molar-refractivity contribution < 1.29 is 0 Å². The van der Waals surface area contributed by atoms with Gasteiger partial charge in [0.05, 0.1) is 11.4 Å². The molecule has 1 N–H and O–H groups in total. The number of aromatic nitrogens is 2. The van der Waals surface area contributed by atoms with Gasteiger partial charge in [0.2, 0.25) is 0 Å². The maximum absolute atomic E-state index is 5.94. The van der Waals surface area contributed by atoms with E-state index in [1.165, 1.54) is 22.5 Å². The molecule has 2 aromatic rings. The van der Waals surface area contributed by atoms with Crippen LogP contribution in [0.15, 0.2) is 24.3 Å². The highest BCUT2D eigenvalue weighted by atomic mass is 35.5. The number of hydrogen-bond acceptors (Lipinski definition) is 3. The van der Waals surface area contributed by atoms with Gasteiger partial charge in [-0.15, -0.1) is 0 Å². The van der Waals surface area contributed by atoms with Crippen LogP contribution in [-0.4, -0.2) is 16.5 Å². The first-order chi connectivity index (χ1) is 10.1. The summed E-state index contributed by atoms with van der Waals surface area (Å²) < 4.78 is 0. The molecule has 1 aromatic heterocycles. The van der Waals surface area contributed by atoms with Crippen molar-refractivity contribution in [3.8, 4) is 0 Å². The van der Waals surface area contributed by atoms with Gasteiger partial charge in [0.25, 0.3) is 0 Å². The largest absolute Gasteiger partial charge is 0.312 e. The average Bonchev–Trinajstić information content (AvgIpc) is 2.48. The first-order valence-electron chi connectivity index (χ1n) is 7.47. The van der Waals surface area contributed by atoms with Crippen molar-refractivity contribution in [2.45, 2.75) is 39.2 Å². The van der Waals surface area contributed by atoms with Crippen molar-refractivity contribution in [3.05, 3.63) is 57.6 Å². The van der Waals surface area contributed by atoms with Gasteiger partial charge in [0.1, 0.15) is 5.82 Å². The molecule has 4 heteroatoms. The van der Waals surface area contributed by atoms with E-state index in [0.29, 0.717) is 5.92 Å². The Morgan fingerprint density at radius 3 is 2.67 bits per heavy atom. The molecule has 3 nitrogen and oxygen atoms in total. The van der Waals surface area contributed by atoms with E-state index in [0.717, 1.165) is 36.8 Å². The van der Waals surface area contributed by atoms with E-state index in [9.17, 15) is 0 Å². The van der Waals surface area contributed by atoms with E-state index in [1.807, 2.05) is 24.3 Å². The summed E-state index contributed by atoms with van der Waals surface area (Å²) in [4.78, 5) is 9.61. The summed E-state index contributed by atoms with van der Waals surface area (Å²) in [5.41, 5.74) is 4.91. The minimum atomic E-state index is 0.422. The maximum Gasteiger partial charge on any atom is 0.133 e. The molecule has 0 spiro atoms. The minimum absolute atomic E-state index is 0.422. The lowest BCUT2D eigenvalue weighted by atomic mass is 9.98. The second-order valence-electron chi connectivity index (χ2n) is 5.84. The molecule has 1 aliphatic rings. The summed E-state index contributed by atoms with van der Waals surface area (Å²) >= 11 is 5.94. The van der Waals surface area contributed by atoms with E-state index in [1.54, 1.807) is 0 Å². The quantitative estimate of drug-likeness (QED) is 0.943. The zero-order chi connectivity index (χ0) is 14.8. The number of benzene rings is 1. The lowest BCUT2D eigenvalue weighted by Gasteiger charge is -2.21. The normalized spacial score (nSPS) is 14.3. The van der Waals surface area contributed by atoms with Crippen molar-refractivity contribution in [2.75, 3.05) is 6.54 Å². The summed E-state index contributed by atoms with van der Waals surface area (Å²) in [5.74, 6) is 1.34. The first-order valence-corrected chi connectivity index (χ1v) is 7.85. The second kappa shape index (κ2) is 6.12. The molecule has 3 rings (SSSR count). The van der Waals surface area contributed by atoms with E-state index < -0.39 is 0 Å². The Labute approximate surface area is 130 Å². The fourth-order valence-electron chi connectivity index (χ4n) is 2.76. The summed E-state index contributed by atoms with van der Waals surface area (Å²) in [7, 11) is 0. The molecular weight excluding hydrogens is 282 g/mol. The molecule has 110 valence electrons. The fourth-order valence-corrected chi connectivity index (χ4v) is 2.89. The van der Waals surface area contributed by atoms with Crippen LogP contribution in [0.5, 0.6) is 0 Å². The Balaban J connectivity index is 1.95. The minimum Gasteiger partial charge on any atom is -0.312 e. The van der Waals surface area contributed by atoms with Crippen molar-refractivity contribution in [3.63, 3.8) is 0 Å². The summed E-state index contributed by atoms with van der Waals surface area (Å²) in [5, 5.41) is 4.18. The highest BCUT2D eigenvalue weighted by molar-refractivity contribution is 6.30. The number of rotatable bonds is 3. The standard InChI is InChI=1S/C17H20ClN3/c1-11(2)17-14-10-19-8-7-15(14)20-16(21-17)9-12-3-5-13(18)6-4-12/h3-6,11,19H,7-10H2,1-2H3. The van der Waals surface area contributed by atoms with Crippen molar-refractivity contribution in [1.82, 2.24) is 15.3 Å². The number of hydrogen-bond donors (Lipinski definition) is 1. The number of nitrogens with zero attached hydrogens (tertiary/aromatic N) is 2. The van der Waals surface area contributed by atoms with Gasteiger partial charge >= 0.3 is 0 Å². The van der Waals surface area contributed by atoms with Crippen LogP contribution in [0.4, 0.5) is 0 Å². The third-order valence-corrected chi connectivity index (χ3v) is 4.09. The lowest BCUT2D eigenvalue weighted by Crippen LogP contribution is -2.27. The number of halogens is 1. The van der Waals surface area contributed by atoms with Crippen LogP contribution in [0.3, 0.4) is 0 Å². The van der Waals surface area contributed by atoms with Crippen molar-refractivity contribution in [2.24, 2.45) is 0 Å². The maximum atomic E-state index is 5.94. The fraction of sp³-hybridized carbons (Fsp3) is 0.412. The summed E-state index contributed by atoms with van der Waals surface area (Å²) in [6, 6.07) is 7.93. The van der Waals surface area contributed by atoms with Crippen molar-refractivity contribution in [1.29, 1.82) is 0 Å². The monoisotopic (exact) mass is 301 g/mol. The molecule has 0 bridgehead atoms. The molecule has 0 radical (unpaired) electrons. The Kier molecular flexibility index (Phi) is 4.22. The van der Waals surface area contributed by atoms with E-state index >= 15 is 0 Å². The van der Waals surface area contributed by atoms with Gasteiger partial charge in [-0.1, -0.05) is 37.6 Å². The van der Waals surface area contributed by atoms with Gasteiger partial charge in [-0.25, -0.2) is 9.97 Å². The molecule has 0 amide bonds. The van der Waals surface area contributed by atoms with Crippen LogP contribution in [0, 0.1) is 0 Å². The van der Waals surface area contributed by atoms with Crippen LogP contribution >= 0.6 is 11.6 Å². The second-order valence-corrected chi connectivity index (χ2v) is 6.27. The third-order valence-electron chi connectivity index (χ3n) is 3.83. The van der Waals surface area contributed by atoms with Gasteiger partial charge < -0.3 is 5.32 Å². The SMILES string of the molecule is CC(C)c1nc(Cc2ccc(Cl)cc2)nc2c1CNCC2. The van der Waals surface area contributed by atoms with Crippen molar-refractivity contribution >= 4 is 11.6 Å². The van der Waals surface area contributed by atoms with Gasteiger partial charge in [0.15, 0.2) is 0 Å². The molecule has 0 aliphatic carbocycles. The van der Waals surface area contributed by atoms with Crippen LogP contribution in [-0.2, 0) is 19.4 Å². The average molecular weight is 302 g/mol. The molecule has 0 saturated carbocycles. The van der Waals surface area contributed by atoms with Gasteiger partial charge in [-0.3, -0.25) is 0 Å².